The number of hydrogen-bond donors (Lipinski definition) is 2. The van der Waals surface area contributed by atoms with Crippen LogP contribution in [0.25, 0.3) is 0 Å². The minimum absolute atomic E-state index is 0.0789. The van der Waals surface area contributed by atoms with Gasteiger partial charge < -0.3 is 9.64 Å². The molecule has 2 unspecified atom stereocenters. The minimum Gasteiger partial charge on any atom is -0.476 e. The van der Waals surface area contributed by atoms with Gasteiger partial charge >= 0.3 is 0 Å². The number of nitrogens with one attached hydrogen (secondary N) is 2. The van der Waals surface area contributed by atoms with Crippen molar-refractivity contribution in [1.29, 1.82) is 0 Å². The summed E-state index contributed by atoms with van der Waals surface area (Å²) in [5.74, 6) is 0.0220. The lowest BCUT2D eigenvalue weighted by molar-refractivity contribution is -0.129. The molecule has 2 heterocycles. The van der Waals surface area contributed by atoms with Gasteiger partial charge in [-0.3, -0.25) is 25.2 Å². The SMILES string of the molecule is CC(=O)N1CC(C(=O)NNC(=O)c2cc3c(s2)CCC(C(C)(C)C)C3)Oc2ccccc21. The number of para-hydroxylation sites is 2. The fourth-order valence-electron chi connectivity index (χ4n) is 4.30. The third-order valence-corrected chi connectivity index (χ3v) is 7.51. The summed E-state index contributed by atoms with van der Waals surface area (Å²) in [6, 6.07) is 9.02. The number of benzene rings is 1. The predicted molar refractivity (Wildman–Crippen MR) is 124 cm³/mol. The van der Waals surface area contributed by atoms with Crippen LogP contribution >= 0.6 is 11.3 Å². The molecule has 0 saturated carbocycles. The second-order valence-electron chi connectivity index (χ2n) is 9.51. The van der Waals surface area contributed by atoms with Gasteiger partial charge in [-0.1, -0.05) is 32.9 Å². The van der Waals surface area contributed by atoms with Crippen LogP contribution in [0.15, 0.2) is 30.3 Å². The van der Waals surface area contributed by atoms with Crippen LogP contribution in [0.4, 0.5) is 5.69 Å². The standard InChI is InChI=1S/C24H29N3O4S/c1-14(28)27-13-19(31-18-8-6-5-7-17(18)27)22(29)25-26-23(30)21-12-15-11-16(24(2,3)4)9-10-20(15)32-21/h5-8,12,16,19H,9-11,13H2,1-4H3,(H,25,29)(H,26,30). The second kappa shape index (κ2) is 8.58. The summed E-state index contributed by atoms with van der Waals surface area (Å²) in [6.45, 7) is 8.31. The molecule has 2 N–H and O–H groups in total. The van der Waals surface area contributed by atoms with Crippen LogP contribution < -0.4 is 20.5 Å². The van der Waals surface area contributed by atoms with Crippen molar-refractivity contribution in [2.24, 2.45) is 11.3 Å². The van der Waals surface area contributed by atoms with Crippen molar-refractivity contribution in [1.82, 2.24) is 10.9 Å². The third-order valence-electron chi connectivity index (χ3n) is 6.28. The highest BCUT2D eigenvalue weighted by atomic mass is 32.1. The van der Waals surface area contributed by atoms with Crippen LogP contribution in [0.3, 0.4) is 0 Å². The summed E-state index contributed by atoms with van der Waals surface area (Å²) in [7, 11) is 0. The average molecular weight is 456 g/mol. The van der Waals surface area contributed by atoms with Gasteiger partial charge in [0.2, 0.25) is 5.91 Å². The number of ether oxygens (including phenoxy) is 1. The normalized spacial score (nSPS) is 19.9. The highest BCUT2D eigenvalue weighted by Crippen LogP contribution is 2.40. The van der Waals surface area contributed by atoms with Crippen molar-refractivity contribution < 1.29 is 19.1 Å². The molecule has 2 aromatic rings. The summed E-state index contributed by atoms with van der Waals surface area (Å²) in [5, 5.41) is 0. The summed E-state index contributed by atoms with van der Waals surface area (Å²) in [6.07, 6.45) is 2.17. The molecule has 1 aliphatic carbocycles. The van der Waals surface area contributed by atoms with Crippen molar-refractivity contribution in [3.8, 4) is 5.75 Å². The van der Waals surface area contributed by atoms with Crippen molar-refractivity contribution in [3.05, 3.63) is 45.6 Å². The Morgan fingerprint density at radius 1 is 1.16 bits per heavy atom. The fourth-order valence-corrected chi connectivity index (χ4v) is 5.41. The van der Waals surface area contributed by atoms with Crippen LogP contribution in [0, 0.1) is 11.3 Å². The maximum atomic E-state index is 12.7. The van der Waals surface area contributed by atoms with Crippen LogP contribution in [0.5, 0.6) is 5.75 Å². The molecule has 0 spiro atoms. The Hall–Kier alpha value is -2.87. The Kier molecular flexibility index (Phi) is 5.99. The molecule has 1 aliphatic heterocycles. The van der Waals surface area contributed by atoms with E-state index in [0.717, 1.165) is 19.3 Å². The van der Waals surface area contributed by atoms with Gasteiger partial charge in [-0.25, -0.2) is 0 Å². The van der Waals surface area contributed by atoms with Gasteiger partial charge in [-0.2, -0.15) is 0 Å². The number of carbonyl (C=O) groups excluding carboxylic acids is 3. The number of carbonyl (C=O) groups is 3. The molecule has 0 bridgehead atoms. The summed E-state index contributed by atoms with van der Waals surface area (Å²) >= 11 is 1.49. The Bertz CT molecular complexity index is 1060. The van der Waals surface area contributed by atoms with Gasteiger partial charge in [-0.05, 0) is 54.4 Å². The topological polar surface area (TPSA) is 87.7 Å². The van der Waals surface area contributed by atoms with E-state index < -0.39 is 12.0 Å². The molecule has 8 heteroatoms. The zero-order valence-electron chi connectivity index (χ0n) is 18.9. The summed E-state index contributed by atoms with van der Waals surface area (Å²) < 4.78 is 5.77. The second-order valence-corrected chi connectivity index (χ2v) is 10.6. The first-order chi connectivity index (χ1) is 15.1. The molecule has 2 atom stereocenters. The van der Waals surface area contributed by atoms with E-state index in [-0.39, 0.29) is 23.8 Å². The molecule has 3 amide bonds. The van der Waals surface area contributed by atoms with Crippen LogP contribution in [0.1, 0.15) is 54.2 Å². The van der Waals surface area contributed by atoms with E-state index >= 15 is 0 Å². The minimum atomic E-state index is -0.918. The first-order valence-electron chi connectivity index (χ1n) is 10.9. The smallest absolute Gasteiger partial charge is 0.281 e. The van der Waals surface area contributed by atoms with E-state index in [4.69, 9.17) is 4.74 Å². The predicted octanol–water partition coefficient (Wildman–Crippen LogP) is 3.47. The van der Waals surface area contributed by atoms with E-state index in [1.165, 1.54) is 33.6 Å². The molecule has 0 fully saturated rings. The lowest BCUT2D eigenvalue weighted by atomic mass is 9.72. The van der Waals surface area contributed by atoms with Gasteiger partial charge in [0, 0.05) is 11.8 Å². The van der Waals surface area contributed by atoms with E-state index in [0.29, 0.717) is 22.2 Å². The van der Waals surface area contributed by atoms with E-state index in [2.05, 4.69) is 31.6 Å². The number of rotatable bonds is 2. The molecule has 1 aromatic heterocycles. The largest absolute Gasteiger partial charge is 0.476 e. The Morgan fingerprint density at radius 3 is 2.62 bits per heavy atom. The number of aryl methyl sites for hydroxylation is 1. The molecule has 2 aliphatic rings. The molecule has 1 aromatic carbocycles. The quantitative estimate of drug-likeness (QED) is 0.679. The van der Waals surface area contributed by atoms with Crippen molar-refractivity contribution in [2.45, 2.75) is 53.1 Å². The summed E-state index contributed by atoms with van der Waals surface area (Å²) in [4.78, 5) is 40.7. The maximum absolute atomic E-state index is 12.7. The molecule has 0 radical (unpaired) electrons. The van der Waals surface area contributed by atoms with Crippen LogP contribution in [-0.2, 0) is 22.4 Å². The Balaban J connectivity index is 1.38. The van der Waals surface area contributed by atoms with Gasteiger partial charge in [0.25, 0.3) is 11.8 Å². The molecule has 4 rings (SSSR count). The number of anilines is 1. The first-order valence-corrected chi connectivity index (χ1v) is 11.7. The number of amides is 3. The zero-order valence-corrected chi connectivity index (χ0v) is 19.7. The number of thiophene rings is 1. The Labute approximate surface area is 192 Å². The lowest BCUT2D eigenvalue weighted by Crippen LogP contribution is -2.54. The average Bonchev–Trinajstić information content (AvgIpc) is 3.19. The molecule has 32 heavy (non-hydrogen) atoms. The highest BCUT2D eigenvalue weighted by Gasteiger charge is 2.33. The number of nitrogens with zero attached hydrogens (tertiary/aromatic N) is 1. The molecule has 170 valence electrons. The van der Waals surface area contributed by atoms with Crippen LogP contribution in [-0.4, -0.2) is 30.4 Å². The van der Waals surface area contributed by atoms with Crippen molar-refractivity contribution in [2.75, 3.05) is 11.4 Å². The number of hydrogen-bond acceptors (Lipinski definition) is 5. The number of hydrazine groups is 1. The van der Waals surface area contributed by atoms with E-state index in [9.17, 15) is 14.4 Å². The molecule has 0 saturated heterocycles. The third kappa shape index (κ3) is 4.50. The van der Waals surface area contributed by atoms with Gasteiger partial charge in [0.15, 0.2) is 6.10 Å². The van der Waals surface area contributed by atoms with E-state index in [1.807, 2.05) is 12.1 Å². The first kappa shape index (κ1) is 22.3. The molecular formula is C24H29N3O4S. The van der Waals surface area contributed by atoms with Gasteiger partial charge in [0.05, 0.1) is 17.1 Å². The van der Waals surface area contributed by atoms with Gasteiger partial charge in [-0.15, -0.1) is 11.3 Å². The molecular weight excluding hydrogens is 426 g/mol. The lowest BCUT2D eigenvalue weighted by Gasteiger charge is -2.33. The summed E-state index contributed by atoms with van der Waals surface area (Å²) in [5.41, 5.74) is 7.07. The maximum Gasteiger partial charge on any atom is 0.281 e. The fraction of sp³-hybridized carbons (Fsp3) is 0.458. The highest BCUT2D eigenvalue weighted by molar-refractivity contribution is 7.14. The van der Waals surface area contributed by atoms with Crippen molar-refractivity contribution in [3.63, 3.8) is 0 Å². The Morgan fingerprint density at radius 2 is 1.91 bits per heavy atom. The van der Waals surface area contributed by atoms with Crippen LogP contribution in [0.2, 0.25) is 0 Å². The monoisotopic (exact) mass is 455 g/mol. The zero-order chi connectivity index (χ0) is 23.0. The van der Waals surface area contributed by atoms with Gasteiger partial charge in [0.1, 0.15) is 5.75 Å². The molecule has 7 nitrogen and oxygen atoms in total. The van der Waals surface area contributed by atoms with E-state index in [1.54, 1.807) is 18.2 Å². The van der Waals surface area contributed by atoms with Crippen molar-refractivity contribution >= 4 is 34.7 Å². The number of fused-ring (bicyclic) bond motifs is 2.